The van der Waals surface area contributed by atoms with Crippen molar-refractivity contribution >= 4 is 23.0 Å². The second kappa shape index (κ2) is 11.7. The first kappa shape index (κ1) is 27.5. The molecule has 2 atom stereocenters. The summed E-state index contributed by atoms with van der Waals surface area (Å²) in [7, 11) is 1.65. The highest BCUT2D eigenvalue weighted by atomic mass is 32.1. The van der Waals surface area contributed by atoms with Crippen LogP contribution in [0.3, 0.4) is 0 Å². The summed E-state index contributed by atoms with van der Waals surface area (Å²) in [5.74, 6) is 2.28. The molecule has 6 nitrogen and oxygen atoms in total. The molecule has 42 heavy (non-hydrogen) atoms. The van der Waals surface area contributed by atoms with Crippen LogP contribution in [0, 0.1) is 13.8 Å². The fourth-order valence-corrected chi connectivity index (χ4v) is 6.24. The Balaban J connectivity index is 1.40. The third-order valence-corrected chi connectivity index (χ3v) is 8.23. The number of nitrogens with zero attached hydrogens (tertiary/aromatic N) is 3. The van der Waals surface area contributed by atoms with E-state index in [1.165, 1.54) is 28.2 Å². The smallest absolute Gasteiger partial charge is 0.174 e. The molecule has 1 saturated heterocycles. The molecular formula is C35H34N4O2S. The summed E-state index contributed by atoms with van der Waals surface area (Å²) in [5, 5.41) is 4.26. The Labute approximate surface area is 252 Å². The molecule has 0 amide bonds. The number of anilines is 1. The molecular weight excluding hydrogens is 540 g/mol. The normalized spacial score (nSPS) is 16.4. The Hall–Kier alpha value is -4.62. The molecule has 3 heterocycles. The predicted octanol–water partition coefficient (Wildman–Crippen LogP) is 8.03. The summed E-state index contributed by atoms with van der Waals surface area (Å²) >= 11 is 5.99. The van der Waals surface area contributed by atoms with Gasteiger partial charge in [0.1, 0.15) is 17.2 Å². The van der Waals surface area contributed by atoms with Crippen molar-refractivity contribution in [2.24, 2.45) is 0 Å². The van der Waals surface area contributed by atoms with Gasteiger partial charge < -0.3 is 24.3 Å². The molecule has 212 valence electrons. The SMILES string of the molecule is CCc1ccccc1-n1c(C)cc([C@H]2[C@@H](c3ccccn3)NC(=S)N2c2ccc(Oc3ccc(OC)cc3)cc2)c1C. The number of benzene rings is 3. The third kappa shape index (κ3) is 5.12. The minimum absolute atomic E-state index is 0.102. The number of hydrogen-bond acceptors (Lipinski definition) is 4. The van der Waals surface area contributed by atoms with Gasteiger partial charge in [0.15, 0.2) is 5.11 Å². The molecule has 5 aromatic rings. The summed E-state index contributed by atoms with van der Waals surface area (Å²) < 4.78 is 13.7. The average Bonchev–Trinajstić information content (AvgIpc) is 3.52. The predicted molar refractivity (Wildman–Crippen MR) is 172 cm³/mol. The van der Waals surface area contributed by atoms with Crippen molar-refractivity contribution in [3.8, 4) is 22.9 Å². The zero-order chi connectivity index (χ0) is 29.2. The molecule has 0 saturated carbocycles. The number of pyridine rings is 1. The molecule has 0 aliphatic carbocycles. The fourth-order valence-electron chi connectivity index (χ4n) is 5.89. The molecule has 6 rings (SSSR count). The zero-order valence-corrected chi connectivity index (χ0v) is 25.1. The number of thiocarbonyl (C=S) groups is 1. The van der Waals surface area contributed by atoms with E-state index in [0.717, 1.165) is 35.1 Å². The lowest BCUT2D eigenvalue weighted by Gasteiger charge is -2.28. The van der Waals surface area contributed by atoms with Gasteiger partial charge in [-0.3, -0.25) is 4.98 Å². The zero-order valence-electron chi connectivity index (χ0n) is 24.2. The van der Waals surface area contributed by atoms with Crippen LogP contribution >= 0.6 is 12.2 Å². The third-order valence-electron chi connectivity index (χ3n) is 7.91. The van der Waals surface area contributed by atoms with Crippen LogP contribution in [0.1, 0.15) is 47.2 Å². The lowest BCUT2D eigenvalue weighted by molar-refractivity contribution is 0.413. The van der Waals surface area contributed by atoms with Crippen LogP contribution < -0.4 is 19.7 Å². The fraction of sp³-hybridized carbons (Fsp3) is 0.200. The van der Waals surface area contributed by atoms with E-state index in [-0.39, 0.29) is 12.1 Å². The van der Waals surface area contributed by atoms with Crippen molar-refractivity contribution in [3.05, 3.63) is 131 Å². The largest absolute Gasteiger partial charge is 0.497 e. The van der Waals surface area contributed by atoms with Gasteiger partial charge in [0, 0.05) is 29.0 Å². The first-order chi connectivity index (χ1) is 20.5. The topological polar surface area (TPSA) is 51.6 Å². The van der Waals surface area contributed by atoms with Crippen molar-refractivity contribution < 1.29 is 9.47 Å². The van der Waals surface area contributed by atoms with Crippen LogP contribution in [-0.2, 0) is 6.42 Å². The van der Waals surface area contributed by atoms with E-state index in [1.54, 1.807) is 7.11 Å². The quantitative estimate of drug-likeness (QED) is 0.189. The Morgan fingerprint density at radius 2 is 1.52 bits per heavy atom. The number of para-hydroxylation sites is 1. The van der Waals surface area contributed by atoms with E-state index in [0.29, 0.717) is 5.11 Å². The summed E-state index contributed by atoms with van der Waals surface area (Å²) in [6.45, 7) is 6.58. The van der Waals surface area contributed by atoms with Gasteiger partial charge in [-0.2, -0.15) is 0 Å². The molecule has 0 unspecified atom stereocenters. The molecule has 0 bridgehead atoms. The van der Waals surface area contributed by atoms with Gasteiger partial charge in [-0.05, 0) is 116 Å². The highest BCUT2D eigenvalue weighted by molar-refractivity contribution is 7.80. The average molecular weight is 575 g/mol. The molecule has 2 aromatic heterocycles. The molecule has 1 N–H and O–H groups in total. The van der Waals surface area contributed by atoms with E-state index in [1.807, 2.05) is 54.7 Å². The first-order valence-electron chi connectivity index (χ1n) is 14.2. The van der Waals surface area contributed by atoms with Gasteiger partial charge in [-0.25, -0.2) is 0 Å². The number of methoxy groups -OCH3 is 1. The van der Waals surface area contributed by atoms with Crippen LogP contribution in [0.15, 0.2) is 103 Å². The lowest BCUT2D eigenvalue weighted by atomic mass is 9.96. The highest BCUT2D eigenvalue weighted by Crippen LogP contribution is 2.44. The molecule has 1 aliphatic heterocycles. The Morgan fingerprint density at radius 1 is 0.857 bits per heavy atom. The van der Waals surface area contributed by atoms with Crippen LogP contribution in [0.4, 0.5) is 5.69 Å². The van der Waals surface area contributed by atoms with Crippen molar-refractivity contribution in [3.63, 3.8) is 0 Å². The molecule has 0 radical (unpaired) electrons. The van der Waals surface area contributed by atoms with E-state index in [4.69, 9.17) is 26.7 Å². The van der Waals surface area contributed by atoms with E-state index in [2.05, 4.69) is 84.1 Å². The number of ether oxygens (including phenoxy) is 2. The van der Waals surface area contributed by atoms with Crippen molar-refractivity contribution in [1.29, 1.82) is 0 Å². The number of nitrogens with one attached hydrogen (secondary N) is 1. The van der Waals surface area contributed by atoms with Gasteiger partial charge in [-0.15, -0.1) is 0 Å². The van der Waals surface area contributed by atoms with Crippen molar-refractivity contribution in [1.82, 2.24) is 14.9 Å². The van der Waals surface area contributed by atoms with Crippen molar-refractivity contribution in [2.75, 3.05) is 12.0 Å². The van der Waals surface area contributed by atoms with E-state index < -0.39 is 0 Å². The standard InChI is InChI=1S/C35H34N4O2S/c1-5-25-10-6-7-12-32(25)38-23(2)22-30(24(38)3)34-33(31-11-8-9-21-36-31)37-35(42)39(34)26-13-15-28(16-14-26)41-29-19-17-27(40-4)18-20-29/h6-22,33-34H,5H2,1-4H3,(H,37,42)/t33-,34+/m1/s1. The minimum Gasteiger partial charge on any atom is -0.497 e. The summed E-state index contributed by atoms with van der Waals surface area (Å²) in [4.78, 5) is 6.94. The van der Waals surface area contributed by atoms with Gasteiger partial charge in [0.25, 0.3) is 0 Å². The molecule has 1 aliphatic rings. The van der Waals surface area contributed by atoms with Gasteiger partial charge in [-0.1, -0.05) is 31.2 Å². The maximum atomic E-state index is 6.10. The minimum atomic E-state index is -0.121. The summed E-state index contributed by atoms with van der Waals surface area (Å²) in [6, 6.07) is 32.4. The number of rotatable bonds is 8. The van der Waals surface area contributed by atoms with Crippen molar-refractivity contribution in [2.45, 2.75) is 39.3 Å². The lowest BCUT2D eigenvalue weighted by Crippen LogP contribution is -2.29. The number of hydrogen-bond donors (Lipinski definition) is 1. The number of aryl methyl sites for hydroxylation is 2. The Morgan fingerprint density at radius 3 is 2.19 bits per heavy atom. The molecule has 7 heteroatoms. The molecule has 1 fully saturated rings. The molecule has 3 aromatic carbocycles. The van der Waals surface area contributed by atoms with Gasteiger partial charge in [0.05, 0.1) is 24.9 Å². The van der Waals surface area contributed by atoms with E-state index in [9.17, 15) is 0 Å². The first-order valence-corrected chi connectivity index (χ1v) is 14.6. The Kier molecular flexibility index (Phi) is 7.68. The molecule has 0 spiro atoms. The maximum Gasteiger partial charge on any atom is 0.174 e. The van der Waals surface area contributed by atoms with Crippen LogP contribution in [-0.4, -0.2) is 21.8 Å². The van der Waals surface area contributed by atoms with Crippen LogP contribution in [0.2, 0.25) is 0 Å². The summed E-state index contributed by atoms with van der Waals surface area (Å²) in [5.41, 5.74) is 8.05. The van der Waals surface area contributed by atoms with Crippen LogP contribution in [0.25, 0.3) is 5.69 Å². The van der Waals surface area contributed by atoms with E-state index >= 15 is 0 Å². The second-order valence-corrected chi connectivity index (χ2v) is 10.8. The second-order valence-electron chi connectivity index (χ2n) is 10.4. The van der Waals surface area contributed by atoms with Gasteiger partial charge in [0.2, 0.25) is 0 Å². The monoisotopic (exact) mass is 574 g/mol. The number of aromatic nitrogens is 2. The summed E-state index contributed by atoms with van der Waals surface area (Å²) in [6.07, 6.45) is 2.80. The maximum absolute atomic E-state index is 6.10. The van der Waals surface area contributed by atoms with Crippen LogP contribution in [0.5, 0.6) is 17.2 Å². The van der Waals surface area contributed by atoms with Gasteiger partial charge >= 0.3 is 0 Å². The highest BCUT2D eigenvalue weighted by Gasteiger charge is 2.42. The Bertz CT molecular complexity index is 1700.